The molecule has 1 aliphatic heterocycles. The number of nitrogens with zero attached hydrogens (tertiary/aromatic N) is 2. The van der Waals surface area contributed by atoms with Gasteiger partial charge in [-0.05, 0) is 30.7 Å². The Morgan fingerprint density at radius 1 is 1.18 bits per heavy atom. The van der Waals surface area contributed by atoms with E-state index in [0.717, 1.165) is 11.3 Å². The van der Waals surface area contributed by atoms with Crippen LogP contribution in [0.4, 0.5) is 5.69 Å². The zero-order chi connectivity index (χ0) is 20.1. The SMILES string of the molecule is CCOC(=O)CC1COc2ccc(C(=O)N(C)C)cc2N1Cc1ccccc1. The number of rotatable bonds is 6. The van der Waals surface area contributed by atoms with Crippen LogP contribution in [0.25, 0.3) is 0 Å². The Bertz CT molecular complexity index is 836. The number of carbonyl (C=O) groups excluding carboxylic acids is 2. The molecule has 0 radical (unpaired) electrons. The molecule has 1 heterocycles. The van der Waals surface area contributed by atoms with E-state index in [1.807, 2.05) is 42.5 Å². The number of carbonyl (C=O) groups is 2. The Morgan fingerprint density at radius 2 is 1.93 bits per heavy atom. The predicted octanol–water partition coefficient (Wildman–Crippen LogP) is 3.11. The maximum absolute atomic E-state index is 12.4. The van der Waals surface area contributed by atoms with Gasteiger partial charge in [0.15, 0.2) is 0 Å². The third-order valence-electron chi connectivity index (χ3n) is 4.70. The van der Waals surface area contributed by atoms with Gasteiger partial charge in [-0.15, -0.1) is 0 Å². The van der Waals surface area contributed by atoms with Gasteiger partial charge in [-0.3, -0.25) is 9.59 Å². The van der Waals surface area contributed by atoms with Crippen LogP contribution in [0, 0.1) is 0 Å². The lowest BCUT2D eigenvalue weighted by Crippen LogP contribution is -2.44. The number of benzene rings is 2. The summed E-state index contributed by atoms with van der Waals surface area (Å²) >= 11 is 0. The molecule has 0 N–H and O–H groups in total. The van der Waals surface area contributed by atoms with E-state index in [4.69, 9.17) is 9.47 Å². The van der Waals surface area contributed by atoms with Crippen molar-refractivity contribution in [3.8, 4) is 5.75 Å². The van der Waals surface area contributed by atoms with Crippen molar-refractivity contribution < 1.29 is 19.1 Å². The van der Waals surface area contributed by atoms with E-state index in [1.54, 1.807) is 32.0 Å². The highest BCUT2D eigenvalue weighted by Crippen LogP contribution is 2.37. The topological polar surface area (TPSA) is 59.1 Å². The second-order valence-corrected chi connectivity index (χ2v) is 6.97. The van der Waals surface area contributed by atoms with Gasteiger partial charge in [0.25, 0.3) is 5.91 Å². The molecular formula is C22H26N2O4. The standard InChI is InChI=1S/C22H26N2O4/c1-4-27-21(25)13-18-15-28-20-11-10-17(22(26)23(2)3)12-19(20)24(18)14-16-8-6-5-7-9-16/h5-12,18H,4,13-15H2,1-3H3. The van der Waals surface area contributed by atoms with E-state index in [9.17, 15) is 9.59 Å². The van der Waals surface area contributed by atoms with Crippen molar-refractivity contribution in [3.63, 3.8) is 0 Å². The number of amides is 1. The minimum Gasteiger partial charge on any atom is -0.489 e. The molecule has 1 aliphatic rings. The molecule has 2 aromatic carbocycles. The summed E-state index contributed by atoms with van der Waals surface area (Å²) in [6, 6.07) is 15.3. The zero-order valence-corrected chi connectivity index (χ0v) is 16.6. The van der Waals surface area contributed by atoms with Crippen LogP contribution >= 0.6 is 0 Å². The van der Waals surface area contributed by atoms with Crippen LogP contribution in [-0.2, 0) is 16.1 Å². The molecule has 6 heteroatoms. The first-order valence-electron chi connectivity index (χ1n) is 9.44. The van der Waals surface area contributed by atoms with E-state index in [-0.39, 0.29) is 24.3 Å². The highest BCUT2D eigenvalue weighted by Gasteiger charge is 2.30. The fourth-order valence-corrected chi connectivity index (χ4v) is 3.30. The summed E-state index contributed by atoms with van der Waals surface area (Å²) in [5.74, 6) is 0.388. The molecule has 0 saturated carbocycles. The Morgan fingerprint density at radius 3 is 2.61 bits per heavy atom. The van der Waals surface area contributed by atoms with E-state index in [0.29, 0.717) is 31.1 Å². The second kappa shape index (κ2) is 8.78. The van der Waals surface area contributed by atoms with Crippen molar-refractivity contribution in [3.05, 3.63) is 59.7 Å². The van der Waals surface area contributed by atoms with Crippen molar-refractivity contribution >= 4 is 17.6 Å². The summed E-state index contributed by atoms with van der Waals surface area (Å²) in [5.41, 5.74) is 2.52. The highest BCUT2D eigenvalue weighted by molar-refractivity contribution is 5.95. The average Bonchev–Trinajstić information content (AvgIpc) is 2.69. The lowest BCUT2D eigenvalue weighted by molar-refractivity contribution is -0.143. The molecule has 148 valence electrons. The quantitative estimate of drug-likeness (QED) is 0.719. The Labute approximate surface area is 165 Å². The molecule has 1 amide bonds. The second-order valence-electron chi connectivity index (χ2n) is 6.97. The normalized spacial score (nSPS) is 15.4. The van der Waals surface area contributed by atoms with Crippen molar-refractivity contribution in [2.75, 3.05) is 32.2 Å². The van der Waals surface area contributed by atoms with Gasteiger partial charge >= 0.3 is 5.97 Å². The third-order valence-corrected chi connectivity index (χ3v) is 4.70. The zero-order valence-electron chi connectivity index (χ0n) is 16.6. The van der Waals surface area contributed by atoms with Crippen LogP contribution in [0.5, 0.6) is 5.75 Å². The smallest absolute Gasteiger partial charge is 0.307 e. The van der Waals surface area contributed by atoms with E-state index in [1.165, 1.54) is 0 Å². The predicted molar refractivity (Wildman–Crippen MR) is 108 cm³/mol. The summed E-state index contributed by atoms with van der Waals surface area (Å²) in [7, 11) is 3.45. The third kappa shape index (κ3) is 4.44. The molecule has 1 unspecified atom stereocenters. The molecule has 0 spiro atoms. The van der Waals surface area contributed by atoms with Crippen molar-refractivity contribution in [1.29, 1.82) is 0 Å². The number of hydrogen-bond donors (Lipinski definition) is 0. The van der Waals surface area contributed by atoms with Gasteiger partial charge in [0.05, 0.1) is 24.8 Å². The first-order chi connectivity index (χ1) is 13.5. The number of esters is 1. The molecule has 0 saturated heterocycles. The van der Waals surface area contributed by atoms with E-state index < -0.39 is 0 Å². The fourth-order valence-electron chi connectivity index (χ4n) is 3.30. The molecule has 28 heavy (non-hydrogen) atoms. The minimum atomic E-state index is -0.252. The van der Waals surface area contributed by atoms with Gasteiger partial charge in [-0.1, -0.05) is 30.3 Å². The number of anilines is 1. The molecule has 2 aromatic rings. The number of fused-ring (bicyclic) bond motifs is 1. The lowest BCUT2D eigenvalue weighted by atomic mass is 10.0. The summed E-state index contributed by atoms with van der Waals surface area (Å²) in [6.45, 7) is 3.15. The first kappa shape index (κ1) is 19.7. The van der Waals surface area contributed by atoms with Crippen LogP contribution in [0.2, 0.25) is 0 Å². The maximum atomic E-state index is 12.4. The first-order valence-corrected chi connectivity index (χ1v) is 9.44. The number of ether oxygens (including phenoxy) is 2. The van der Waals surface area contributed by atoms with E-state index in [2.05, 4.69) is 4.90 Å². The maximum Gasteiger partial charge on any atom is 0.307 e. The summed E-state index contributed by atoms with van der Waals surface area (Å²) in [5, 5.41) is 0. The summed E-state index contributed by atoms with van der Waals surface area (Å²) in [6.07, 6.45) is 0.228. The lowest BCUT2D eigenvalue weighted by Gasteiger charge is -2.38. The van der Waals surface area contributed by atoms with Crippen LogP contribution < -0.4 is 9.64 Å². The van der Waals surface area contributed by atoms with Crippen molar-refractivity contribution in [2.45, 2.75) is 25.9 Å². The molecular weight excluding hydrogens is 356 g/mol. The molecule has 1 atom stereocenters. The largest absolute Gasteiger partial charge is 0.489 e. The highest BCUT2D eigenvalue weighted by atomic mass is 16.5. The monoisotopic (exact) mass is 382 g/mol. The van der Waals surface area contributed by atoms with E-state index >= 15 is 0 Å². The van der Waals surface area contributed by atoms with Crippen LogP contribution in [-0.4, -0.2) is 50.1 Å². The van der Waals surface area contributed by atoms with Gasteiger partial charge in [0, 0.05) is 26.2 Å². The van der Waals surface area contributed by atoms with Crippen molar-refractivity contribution in [2.24, 2.45) is 0 Å². The fraction of sp³-hybridized carbons (Fsp3) is 0.364. The van der Waals surface area contributed by atoms with Crippen LogP contribution in [0.1, 0.15) is 29.3 Å². The van der Waals surface area contributed by atoms with Gasteiger partial charge in [0.2, 0.25) is 0 Å². The molecule has 3 rings (SSSR count). The van der Waals surface area contributed by atoms with Gasteiger partial charge in [-0.2, -0.15) is 0 Å². The molecule has 0 bridgehead atoms. The van der Waals surface area contributed by atoms with Gasteiger partial charge < -0.3 is 19.3 Å². The molecule has 0 aromatic heterocycles. The molecule has 0 aliphatic carbocycles. The van der Waals surface area contributed by atoms with Crippen LogP contribution in [0.15, 0.2) is 48.5 Å². The minimum absolute atomic E-state index is 0.0741. The van der Waals surface area contributed by atoms with Gasteiger partial charge in [-0.25, -0.2) is 0 Å². The number of hydrogen-bond acceptors (Lipinski definition) is 5. The van der Waals surface area contributed by atoms with Crippen LogP contribution in [0.3, 0.4) is 0 Å². The van der Waals surface area contributed by atoms with Gasteiger partial charge in [0.1, 0.15) is 12.4 Å². The molecule has 0 fully saturated rings. The summed E-state index contributed by atoms with van der Waals surface area (Å²) < 4.78 is 11.0. The van der Waals surface area contributed by atoms with Crippen molar-refractivity contribution in [1.82, 2.24) is 4.90 Å². The molecule has 6 nitrogen and oxygen atoms in total. The average molecular weight is 382 g/mol. The Kier molecular flexibility index (Phi) is 6.19. The summed E-state index contributed by atoms with van der Waals surface area (Å²) in [4.78, 5) is 28.2. The Hall–Kier alpha value is -3.02. The Balaban J connectivity index is 1.96.